The highest BCUT2D eigenvalue weighted by atomic mass is 16.4. The summed E-state index contributed by atoms with van der Waals surface area (Å²) in [7, 11) is 0. The molecule has 7 nitrogen and oxygen atoms in total. The summed E-state index contributed by atoms with van der Waals surface area (Å²) in [6.07, 6.45) is 5.12. The van der Waals surface area contributed by atoms with E-state index in [1.54, 1.807) is 6.20 Å². The Hall–Kier alpha value is -3.61. The number of aromatic nitrogens is 2. The minimum atomic E-state index is -1.23. The molecule has 7 heteroatoms. The second kappa shape index (κ2) is 6.20. The van der Waals surface area contributed by atoms with Crippen LogP contribution < -0.4 is 5.43 Å². The first-order chi connectivity index (χ1) is 14.0. The van der Waals surface area contributed by atoms with Crippen molar-refractivity contribution in [1.29, 1.82) is 0 Å². The van der Waals surface area contributed by atoms with E-state index in [1.165, 1.54) is 18.7 Å². The van der Waals surface area contributed by atoms with Crippen molar-refractivity contribution in [3.8, 4) is 22.8 Å². The number of para-hydroxylation sites is 1. The predicted molar refractivity (Wildman–Crippen MR) is 106 cm³/mol. The Kier molecular flexibility index (Phi) is 3.74. The summed E-state index contributed by atoms with van der Waals surface area (Å²) >= 11 is 0. The number of carboxylic acids is 1. The quantitative estimate of drug-likeness (QED) is 0.558. The zero-order chi connectivity index (χ0) is 20.3. The molecule has 0 saturated heterocycles. The molecule has 29 heavy (non-hydrogen) atoms. The number of rotatable bonds is 3. The first-order valence-electron chi connectivity index (χ1n) is 9.38. The van der Waals surface area contributed by atoms with Crippen molar-refractivity contribution in [3.05, 3.63) is 64.4 Å². The van der Waals surface area contributed by atoms with Gasteiger partial charge in [-0.25, -0.2) is 9.78 Å². The minimum absolute atomic E-state index is 0.00550. The molecule has 0 saturated carbocycles. The molecular weight excluding hydrogens is 372 g/mol. The van der Waals surface area contributed by atoms with Crippen molar-refractivity contribution in [2.75, 3.05) is 0 Å². The maximum atomic E-state index is 12.4. The fourth-order valence-electron chi connectivity index (χ4n) is 4.15. The Morgan fingerprint density at radius 3 is 2.86 bits per heavy atom. The number of hydrogen-bond donors (Lipinski definition) is 1. The molecule has 3 aromatic heterocycles. The van der Waals surface area contributed by atoms with E-state index in [4.69, 9.17) is 8.83 Å². The number of aromatic carboxylic acids is 1. The Balaban J connectivity index is 1.83. The van der Waals surface area contributed by atoms with Gasteiger partial charge in [0.2, 0.25) is 0 Å². The Morgan fingerprint density at radius 1 is 1.34 bits per heavy atom. The minimum Gasteiger partial charge on any atom is -0.477 e. The van der Waals surface area contributed by atoms with Gasteiger partial charge in [0.25, 0.3) is 0 Å². The summed E-state index contributed by atoms with van der Waals surface area (Å²) in [5.74, 6) is 0.197. The molecule has 4 aromatic rings. The van der Waals surface area contributed by atoms with E-state index in [0.717, 1.165) is 16.5 Å². The van der Waals surface area contributed by atoms with Gasteiger partial charge in [0, 0.05) is 29.3 Å². The third-order valence-electron chi connectivity index (χ3n) is 5.60. The van der Waals surface area contributed by atoms with Gasteiger partial charge in [-0.1, -0.05) is 26.0 Å². The van der Waals surface area contributed by atoms with Crippen LogP contribution in [0.5, 0.6) is 0 Å². The second-order valence-electron chi connectivity index (χ2n) is 7.62. The van der Waals surface area contributed by atoms with Crippen LogP contribution in [0.2, 0.25) is 0 Å². The van der Waals surface area contributed by atoms with Crippen LogP contribution in [0.1, 0.15) is 35.8 Å². The van der Waals surface area contributed by atoms with Gasteiger partial charge in [0.1, 0.15) is 11.1 Å². The average Bonchev–Trinajstić information content (AvgIpc) is 3.34. The largest absolute Gasteiger partial charge is 0.477 e. The topological polar surface area (TPSA) is 98.5 Å². The monoisotopic (exact) mass is 390 g/mol. The molecular formula is C22H18N2O5. The maximum Gasteiger partial charge on any atom is 0.341 e. The highest BCUT2D eigenvalue weighted by Gasteiger charge is 2.32. The van der Waals surface area contributed by atoms with Gasteiger partial charge < -0.3 is 18.5 Å². The lowest BCUT2D eigenvalue weighted by Gasteiger charge is -2.31. The highest BCUT2D eigenvalue weighted by Crippen LogP contribution is 2.44. The molecule has 1 atom stereocenters. The van der Waals surface area contributed by atoms with Gasteiger partial charge >= 0.3 is 5.97 Å². The molecule has 4 heterocycles. The van der Waals surface area contributed by atoms with Crippen molar-refractivity contribution in [3.63, 3.8) is 0 Å². The van der Waals surface area contributed by atoms with Gasteiger partial charge in [-0.05, 0) is 18.4 Å². The second-order valence-corrected chi connectivity index (χ2v) is 7.62. The SMILES string of the molecule is CC(C)C1Cc2c(oc3c(-c4cnco4)cccc23)-c2cc(=O)c(C(=O)O)cn21. The van der Waals surface area contributed by atoms with Crippen molar-refractivity contribution in [2.45, 2.75) is 26.3 Å². The Labute approximate surface area is 165 Å². The van der Waals surface area contributed by atoms with Crippen LogP contribution in [0.3, 0.4) is 0 Å². The number of carboxylic acid groups (broad SMARTS) is 1. The zero-order valence-electron chi connectivity index (χ0n) is 15.9. The van der Waals surface area contributed by atoms with Crippen molar-refractivity contribution in [1.82, 2.24) is 9.55 Å². The summed E-state index contributed by atoms with van der Waals surface area (Å²) in [5, 5.41) is 10.3. The number of pyridine rings is 1. The van der Waals surface area contributed by atoms with Crippen LogP contribution in [-0.4, -0.2) is 20.6 Å². The number of fused-ring (bicyclic) bond motifs is 5. The van der Waals surface area contributed by atoms with Crippen LogP contribution >= 0.6 is 0 Å². The molecule has 0 amide bonds. The fraction of sp³-hybridized carbons (Fsp3) is 0.227. The van der Waals surface area contributed by atoms with Crippen molar-refractivity contribution in [2.24, 2.45) is 5.92 Å². The van der Waals surface area contributed by atoms with E-state index < -0.39 is 11.4 Å². The van der Waals surface area contributed by atoms with Crippen LogP contribution in [0.25, 0.3) is 33.7 Å². The summed E-state index contributed by atoms with van der Waals surface area (Å²) in [5.41, 5.74) is 2.30. The van der Waals surface area contributed by atoms with E-state index in [-0.39, 0.29) is 17.5 Å². The van der Waals surface area contributed by atoms with Crippen LogP contribution in [0, 0.1) is 5.92 Å². The van der Waals surface area contributed by atoms with Crippen LogP contribution in [0.4, 0.5) is 0 Å². The molecule has 1 N–H and O–H groups in total. The molecule has 1 aliphatic rings. The lowest BCUT2D eigenvalue weighted by molar-refractivity contribution is 0.0694. The van der Waals surface area contributed by atoms with E-state index in [2.05, 4.69) is 18.8 Å². The normalized spacial score (nSPS) is 15.5. The molecule has 1 unspecified atom stereocenters. The molecule has 146 valence electrons. The molecule has 0 spiro atoms. The standard InChI is InChI=1S/C22H18N2O5/c1-11(2)16-6-14-12-4-3-5-13(19-8-23-10-28-19)20(12)29-21(14)17-7-18(25)15(22(26)27)9-24(16)17/h3-5,7-11,16H,6H2,1-2H3,(H,26,27). The lowest BCUT2D eigenvalue weighted by Crippen LogP contribution is -2.27. The van der Waals surface area contributed by atoms with Gasteiger partial charge in [-0.15, -0.1) is 0 Å². The average molecular weight is 390 g/mol. The van der Waals surface area contributed by atoms with Gasteiger partial charge in [-0.2, -0.15) is 0 Å². The molecule has 0 bridgehead atoms. The number of furan rings is 1. The number of nitrogens with zero attached hydrogens (tertiary/aromatic N) is 2. The third-order valence-corrected chi connectivity index (χ3v) is 5.60. The summed E-state index contributed by atoms with van der Waals surface area (Å²) in [6, 6.07) is 7.21. The summed E-state index contributed by atoms with van der Waals surface area (Å²) < 4.78 is 13.6. The smallest absolute Gasteiger partial charge is 0.341 e. The molecule has 0 radical (unpaired) electrons. The maximum absolute atomic E-state index is 12.4. The van der Waals surface area contributed by atoms with Gasteiger partial charge in [0.05, 0.1) is 17.5 Å². The first kappa shape index (κ1) is 17.5. The molecule has 0 aliphatic carbocycles. The summed E-state index contributed by atoms with van der Waals surface area (Å²) in [6.45, 7) is 4.17. The number of carbonyl (C=O) groups is 1. The third kappa shape index (κ3) is 2.54. The number of benzene rings is 1. The Bertz CT molecular complexity index is 1310. The zero-order valence-corrected chi connectivity index (χ0v) is 15.9. The van der Waals surface area contributed by atoms with Crippen LogP contribution in [-0.2, 0) is 6.42 Å². The predicted octanol–water partition coefficient (Wildman–Crippen LogP) is 4.37. The van der Waals surface area contributed by atoms with E-state index >= 15 is 0 Å². The summed E-state index contributed by atoms with van der Waals surface area (Å²) in [4.78, 5) is 27.9. The fourth-order valence-corrected chi connectivity index (χ4v) is 4.15. The highest BCUT2D eigenvalue weighted by molar-refractivity contribution is 5.97. The number of hydrogen-bond acceptors (Lipinski definition) is 5. The molecule has 1 aromatic carbocycles. The van der Waals surface area contributed by atoms with Gasteiger partial charge in [0.15, 0.2) is 23.3 Å². The van der Waals surface area contributed by atoms with E-state index in [0.29, 0.717) is 29.2 Å². The number of oxazole rings is 1. The molecule has 1 aliphatic heterocycles. The van der Waals surface area contributed by atoms with Crippen molar-refractivity contribution < 1.29 is 18.7 Å². The van der Waals surface area contributed by atoms with E-state index in [1.807, 2.05) is 22.8 Å². The van der Waals surface area contributed by atoms with Crippen molar-refractivity contribution >= 4 is 16.9 Å². The first-order valence-corrected chi connectivity index (χ1v) is 9.38. The van der Waals surface area contributed by atoms with Gasteiger partial charge in [-0.3, -0.25) is 4.79 Å². The Morgan fingerprint density at radius 2 is 2.17 bits per heavy atom. The lowest BCUT2D eigenvalue weighted by atomic mass is 9.89. The molecule has 0 fully saturated rings. The molecule has 5 rings (SSSR count). The van der Waals surface area contributed by atoms with E-state index in [9.17, 15) is 14.7 Å². The van der Waals surface area contributed by atoms with Crippen LogP contribution in [0.15, 0.2) is 56.7 Å².